The summed E-state index contributed by atoms with van der Waals surface area (Å²) in [5.74, 6) is 1.99. The van der Waals surface area contributed by atoms with Crippen molar-refractivity contribution in [3.05, 3.63) is 47.4 Å². The van der Waals surface area contributed by atoms with E-state index in [0.29, 0.717) is 46.0 Å². The van der Waals surface area contributed by atoms with Gasteiger partial charge in [-0.1, -0.05) is 16.8 Å². The fraction of sp³-hybridized carbons (Fsp3) is 0.176. The maximum Gasteiger partial charge on any atom is 0.324 e. The van der Waals surface area contributed by atoms with E-state index in [0.717, 1.165) is 0 Å². The fourth-order valence-corrected chi connectivity index (χ4v) is 2.47. The molecule has 2 amide bonds. The van der Waals surface area contributed by atoms with E-state index in [1.54, 1.807) is 43.5 Å². The summed E-state index contributed by atoms with van der Waals surface area (Å²) in [6, 6.07) is 7.99. The Morgan fingerprint density at radius 1 is 1.32 bits per heavy atom. The summed E-state index contributed by atoms with van der Waals surface area (Å²) in [5.41, 5.74) is 1.12. The first kappa shape index (κ1) is 16.9. The molecule has 1 aromatic carbocycles. The predicted octanol–water partition coefficient (Wildman–Crippen LogP) is 4.94. The van der Waals surface area contributed by atoms with Crippen LogP contribution >= 0.6 is 11.6 Å². The number of hydrogen-bond acceptors (Lipinski definition) is 5. The van der Waals surface area contributed by atoms with Crippen LogP contribution in [0.4, 0.5) is 16.3 Å². The van der Waals surface area contributed by atoms with Gasteiger partial charge in [0.25, 0.3) is 0 Å². The van der Waals surface area contributed by atoms with Crippen LogP contribution in [-0.2, 0) is 0 Å². The Morgan fingerprint density at radius 3 is 2.80 bits per heavy atom. The van der Waals surface area contributed by atoms with E-state index in [9.17, 15) is 4.79 Å². The average molecular weight is 362 g/mol. The molecule has 0 bridgehead atoms. The van der Waals surface area contributed by atoms with Crippen molar-refractivity contribution in [1.82, 2.24) is 5.16 Å². The average Bonchev–Trinajstić information content (AvgIpc) is 3.22. The molecule has 2 N–H and O–H groups in total. The molecule has 3 rings (SSSR count). The monoisotopic (exact) mass is 361 g/mol. The van der Waals surface area contributed by atoms with Crippen LogP contribution in [0.3, 0.4) is 0 Å². The lowest BCUT2D eigenvalue weighted by molar-refractivity contribution is 0.262. The molecule has 0 unspecified atom stereocenters. The van der Waals surface area contributed by atoms with Crippen molar-refractivity contribution in [2.75, 3.05) is 17.2 Å². The number of nitrogens with zero attached hydrogens (tertiary/aromatic N) is 1. The van der Waals surface area contributed by atoms with E-state index in [2.05, 4.69) is 15.8 Å². The third-order valence-electron chi connectivity index (χ3n) is 3.28. The van der Waals surface area contributed by atoms with Gasteiger partial charge in [-0.2, -0.15) is 0 Å². The van der Waals surface area contributed by atoms with Crippen LogP contribution in [0.2, 0.25) is 5.02 Å². The summed E-state index contributed by atoms with van der Waals surface area (Å²) in [6.45, 7) is 4.07. The largest absolute Gasteiger partial charge is 0.492 e. The summed E-state index contributed by atoms with van der Waals surface area (Å²) in [4.78, 5) is 12.2. The molecule has 0 atom stereocenters. The number of anilines is 2. The summed E-state index contributed by atoms with van der Waals surface area (Å²) in [5, 5.41) is 9.41. The number of carbonyl (C=O) groups excluding carboxylic acids is 1. The van der Waals surface area contributed by atoms with E-state index < -0.39 is 6.03 Å². The van der Waals surface area contributed by atoms with Crippen LogP contribution < -0.4 is 15.4 Å². The highest BCUT2D eigenvalue weighted by atomic mass is 35.5. The van der Waals surface area contributed by atoms with Gasteiger partial charge in [-0.05, 0) is 38.1 Å². The van der Waals surface area contributed by atoms with Crippen LogP contribution in [0.5, 0.6) is 5.75 Å². The molecule has 25 heavy (non-hydrogen) atoms. The third kappa shape index (κ3) is 3.95. The van der Waals surface area contributed by atoms with Crippen LogP contribution in [0.25, 0.3) is 11.3 Å². The smallest absolute Gasteiger partial charge is 0.324 e. The number of hydrogen-bond donors (Lipinski definition) is 2. The maximum absolute atomic E-state index is 12.2. The molecule has 2 heterocycles. The topological polar surface area (TPSA) is 89.5 Å². The molecule has 7 nitrogen and oxygen atoms in total. The highest BCUT2D eigenvalue weighted by Gasteiger charge is 2.16. The number of furan rings is 1. The molecule has 0 saturated carbocycles. The van der Waals surface area contributed by atoms with Crippen molar-refractivity contribution in [3.8, 4) is 17.1 Å². The summed E-state index contributed by atoms with van der Waals surface area (Å²) in [6.07, 6.45) is 1.55. The fourth-order valence-electron chi connectivity index (χ4n) is 2.25. The molecule has 0 aliphatic carbocycles. The summed E-state index contributed by atoms with van der Waals surface area (Å²) < 4.78 is 15.9. The Labute approximate surface area is 148 Å². The van der Waals surface area contributed by atoms with Gasteiger partial charge in [0.1, 0.15) is 17.3 Å². The second-order valence-corrected chi connectivity index (χ2v) is 5.55. The van der Waals surface area contributed by atoms with Gasteiger partial charge >= 0.3 is 6.03 Å². The molecule has 0 aliphatic heterocycles. The van der Waals surface area contributed by atoms with Crippen molar-refractivity contribution in [2.24, 2.45) is 0 Å². The standard InChI is InChI=1S/C17H16ClN3O4/c1-3-23-15-8-11(14-5-4-6-24-14)13(9-12(15)18)19-17(22)20-16-7-10(2)25-21-16/h4-9H,3H2,1-2H3,(H2,19,20,21,22). The minimum absolute atomic E-state index is 0.312. The van der Waals surface area contributed by atoms with Crippen LogP contribution in [0.1, 0.15) is 12.7 Å². The van der Waals surface area contributed by atoms with Crippen molar-refractivity contribution in [1.29, 1.82) is 0 Å². The predicted molar refractivity (Wildman–Crippen MR) is 94.2 cm³/mol. The van der Waals surface area contributed by atoms with Crippen molar-refractivity contribution in [3.63, 3.8) is 0 Å². The van der Waals surface area contributed by atoms with Gasteiger partial charge in [0.15, 0.2) is 5.82 Å². The van der Waals surface area contributed by atoms with Crippen LogP contribution in [-0.4, -0.2) is 17.8 Å². The number of rotatable bonds is 5. The molecule has 8 heteroatoms. The van der Waals surface area contributed by atoms with Crippen molar-refractivity contribution in [2.45, 2.75) is 13.8 Å². The first-order valence-corrected chi connectivity index (χ1v) is 7.96. The zero-order valence-corrected chi connectivity index (χ0v) is 14.4. The molecule has 0 saturated heterocycles. The number of carbonyl (C=O) groups is 1. The summed E-state index contributed by atoms with van der Waals surface area (Å²) >= 11 is 6.23. The minimum atomic E-state index is -0.485. The lowest BCUT2D eigenvalue weighted by Crippen LogP contribution is -2.20. The Kier molecular flexibility index (Phi) is 4.95. The van der Waals surface area contributed by atoms with E-state index in [-0.39, 0.29) is 0 Å². The van der Waals surface area contributed by atoms with E-state index in [4.69, 9.17) is 25.3 Å². The lowest BCUT2D eigenvalue weighted by atomic mass is 10.1. The first-order valence-electron chi connectivity index (χ1n) is 7.58. The molecular weight excluding hydrogens is 346 g/mol. The SMILES string of the molecule is CCOc1cc(-c2ccco2)c(NC(=O)Nc2cc(C)on2)cc1Cl. The van der Waals surface area contributed by atoms with Crippen molar-refractivity contribution < 1.29 is 18.5 Å². The van der Waals surface area contributed by atoms with Gasteiger partial charge < -0.3 is 19.0 Å². The van der Waals surface area contributed by atoms with Crippen LogP contribution in [0, 0.1) is 6.92 Å². The Hall–Kier alpha value is -2.93. The minimum Gasteiger partial charge on any atom is -0.492 e. The highest BCUT2D eigenvalue weighted by Crippen LogP contribution is 2.37. The Balaban J connectivity index is 1.88. The maximum atomic E-state index is 12.2. The number of halogens is 1. The van der Waals surface area contributed by atoms with E-state index in [1.165, 1.54) is 0 Å². The molecule has 0 fully saturated rings. The van der Waals surface area contributed by atoms with E-state index in [1.807, 2.05) is 6.92 Å². The van der Waals surface area contributed by atoms with Gasteiger partial charge in [0.05, 0.1) is 23.6 Å². The number of ether oxygens (including phenoxy) is 1. The number of aromatic nitrogens is 1. The van der Waals surface area contributed by atoms with Gasteiger partial charge in [-0.25, -0.2) is 4.79 Å². The number of aryl methyl sites for hydroxylation is 1. The summed E-state index contributed by atoms with van der Waals surface area (Å²) in [7, 11) is 0. The van der Waals surface area contributed by atoms with Crippen LogP contribution in [0.15, 0.2) is 45.5 Å². The van der Waals surface area contributed by atoms with Crippen molar-refractivity contribution >= 4 is 29.1 Å². The van der Waals surface area contributed by atoms with Gasteiger partial charge in [-0.3, -0.25) is 5.32 Å². The molecule has 3 aromatic rings. The Bertz CT molecular complexity index is 874. The Morgan fingerprint density at radius 2 is 2.16 bits per heavy atom. The number of nitrogens with one attached hydrogen (secondary N) is 2. The molecule has 0 aliphatic rings. The lowest BCUT2D eigenvalue weighted by Gasteiger charge is -2.13. The van der Waals surface area contributed by atoms with E-state index >= 15 is 0 Å². The zero-order valence-electron chi connectivity index (χ0n) is 13.6. The number of amides is 2. The molecule has 2 aromatic heterocycles. The molecule has 0 spiro atoms. The molecule has 130 valence electrons. The zero-order chi connectivity index (χ0) is 17.8. The number of benzene rings is 1. The van der Waals surface area contributed by atoms with Gasteiger partial charge in [-0.15, -0.1) is 0 Å². The second kappa shape index (κ2) is 7.31. The highest BCUT2D eigenvalue weighted by molar-refractivity contribution is 6.32. The quantitative estimate of drug-likeness (QED) is 0.671. The second-order valence-electron chi connectivity index (χ2n) is 5.14. The molecular formula is C17H16ClN3O4. The third-order valence-corrected chi connectivity index (χ3v) is 3.57. The van der Waals surface area contributed by atoms with Gasteiger partial charge in [0.2, 0.25) is 0 Å². The molecule has 0 radical (unpaired) electrons. The normalized spacial score (nSPS) is 10.5. The first-order chi connectivity index (χ1) is 12.1. The number of urea groups is 1. The van der Waals surface area contributed by atoms with Gasteiger partial charge in [0, 0.05) is 11.6 Å².